The fraction of sp³-hybridized carbons (Fsp3) is 0.259. The van der Waals surface area contributed by atoms with E-state index in [1.165, 1.54) is 15.9 Å². The van der Waals surface area contributed by atoms with Gasteiger partial charge in [-0.2, -0.15) is 0 Å². The summed E-state index contributed by atoms with van der Waals surface area (Å²) in [6.45, 7) is 4.23. The topological polar surface area (TPSA) is 95.2 Å². The molecule has 0 aromatic heterocycles. The molecule has 6 nitrogen and oxygen atoms in total. The summed E-state index contributed by atoms with van der Waals surface area (Å²) in [5.74, 6) is 0.555. The van der Waals surface area contributed by atoms with Crippen LogP contribution >= 0.6 is 7.26 Å². The van der Waals surface area contributed by atoms with Crippen molar-refractivity contribution in [3.63, 3.8) is 0 Å². The van der Waals surface area contributed by atoms with Crippen molar-refractivity contribution in [2.24, 2.45) is 21.5 Å². The van der Waals surface area contributed by atoms with Crippen LogP contribution in [0.15, 0.2) is 101 Å². The first kappa shape index (κ1) is 25.6. The zero-order chi connectivity index (χ0) is 24.1. The number of nitrogens with two attached hydrogens (primary N) is 2. The van der Waals surface area contributed by atoms with E-state index in [9.17, 15) is 0 Å². The second-order valence-electron chi connectivity index (χ2n) is 7.76. The summed E-state index contributed by atoms with van der Waals surface area (Å²) in [5, 5.41) is 4.08. The van der Waals surface area contributed by atoms with E-state index in [1.54, 1.807) is 6.92 Å². The van der Waals surface area contributed by atoms with E-state index in [0.29, 0.717) is 38.8 Å². The summed E-state index contributed by atoms with van der Waals surface area (Å²) in [4.78, 5) is 7.98. The Kier molecular flexibility index (Phi) is 10.2. The van der Waals surface area contributed by atoms with Crippen LogP contribution in [0.3, 0.4) is 0 Å². The predicted octanol–water partition coefficient (Wildman–Crippen LogP) is 2.71. The zero-order valence-electron chi connectivity index (χ0n) is 19.7. The lowest BCUT2D eigenvalue weighted by molar-refractivity contribution is 0.0570. The molecular weight excluding hydrogens is 443 g/mol. The molecule has 0 bridgehead atoms. The Bertz CT molecular complexity index is 943. The van der Waals surface area contributed by atoms with Gasteiger partial charge < -0.3 is 20.9 Å². The molecule has 0 saturated carbocycles. The van der Waals surface area contributed by atoms with E-state index >= 15 is 0 Å². The van der Waals surface area contributed by atoms with Crippen molar-refractivity contribution < 1.29 is 9.47 Å². The largest absolute Gasteiger partial charge is 0.387 e. The Morgan fingerprint density at radius 2 is 1.12 bits per heavy atom. The van der Waals surface area contributed by atoms with E-state index in [1.807, 2.05) is 0 Å². The molecule has 0 heterocycles. The third-order valence-corrected chi connectivity index (χ3v) is 9.73. The van der Waals surface area contributed by atoms with E-state index in [-0.39, 0.29) is 5.96 Å². The molecule has 3 aromatic rings. The Balaban J connectivity index is 1.63. The van der Waals surface area contributed by atoms with Crippen molar-refractivity contribution in [3.05, 3.63) is 91.0 Å². The molecule has 0 amide bonds. The predicted molar refractivity (Wildman–Crippen MR) is 145 cm³/mol. The maximum absolute atomic E-state index is 6.04. The highest BCUT2D eigenvalue weighted by molar-refractivity contribution is 7.95. The number of hydrogen-bond acceptors (Lipinski definition) is 3. The van der Waals surface area contributed by atoms with Gasteiger partial charge in [0, 0.05) is 0 Å². The van der Waals surface area contributed by atoms with E-state index in [4.69, 9.17) is 20.9 Å². The normalized spacial score (nSPS) is 12.6. The van der Waals surface area contributed by atoms with Gasteiger partial charge in [0.1, 0.15) is 23.2 Å². The van der Waals surface area contributed by atoms with Crippen LogP contribution in [-0.4, -0.2) is 50.9 Å². The highest BCUT2D eigenvalue weighted by Crippen LogP contribution is 2.54. The number of aliphatic imine (C=N–C) groups is 2. The van der Waals surface area contributed by atoms with Gasteiger partial charge in [0.15, 0.2) is 0 Å². The average Bonchev–Trinajstić information content (AvgIpc) is 2.86. The molecule has 34 heavy (non-hydrogen) atoms. The highest BCUT2D eigenvalue weighted by atomic mass is 31.2. The van der Waals surface area contributed by atoms with Crippen molar-refractivity contribution in [2.45, 2.75) is 6.92 Å². The first-order chi connectivity index (χ1) is 16.6. The Labute approximate surface area is 203 Å². The Morgan fingerprint density at radius 3 is 1.56 bits per heavy atom. The first-order valence-corrected chi connectivity index (χ1v) is 13.4. The van der Waals surface area contributed by atoms with Crippen molar-refractivity contribution in [3.8, 4) is 0 Å². The minimum atomic E-state index is -1.86. The third-order valence-electron chi connectivity index (χ3n) is 5.33. The van der Waals surface area contributed by atoms with E-state index in [2.05, 4.69) is 101 Å². The molecule has 3 aromatic carbocycles. The second kappa shape index (κ2) is 13.6. The van der Waals surface area contributed by atoms with Gasteiger partial charge in [0.2, 0.25) is 5.96 Å². The number of nitrogens with zero attached hydrogens (tertiary/aromatic N) is 2. The summed E-state index contributed by atoms with van der Waals surface area (Å²) in [6.07, 6.45) is 0.919. The van der Waals surface area contributed by atoms with Crippen molar-refractivity contribution in [1.82, 2.24) is 0 Å². The minimum absolute atomic E-state index is 0.169. The number of hydrogen-bond donors (Lipinski definition) is 2. The van der Waals surface area contributed by atoms with Gasteiger partial charge in [-0.15, -0.1) is 0 Å². The molecule has 0 aliphatic rings. The van der Waals surface area contributed by atoms with Gasteiger partial charge in [-0.1, -0.05) is 54.6 Å². The lowest BCUT2D eigenvalue weighted by Crippen LogP contribution is -2.34. The van der Waals surface area contributed by atoms with Gasteiger partial charge in [-0.05, 0) is 43.3 Å². The molecule has 0 spiro atoms. The summed E-state index contributed by atoms with van der Waals surface area (Å²) >= 11 is 0. The fourth-order valence-electron chi connectivity index (χ4n) is 3.85. The molecule has 4 N–H and O–H groups in total. The van der Waals surface area contributed by atoms with Crippen LogP contribution in [0.4, 0.5) is 0 Å². The van der Waals surface area contributed by atoms with Crippen LogP contribution < -0.4 is 27.4 Å². The molecule has 0 radical (unpaired) electrons. The molecule has 0 aliphatic carbocycles. The van der Waals surface area contributed by atoms with Gasteiger partial charge in [-0.3, -0.25) is 0 Å². The SMILES string of the molecule is CC(N)=NC(N)=NCCOCCOCC[P+](c1ccccc1)(c1ccccc1)c1ccccc1. The molecule has 178 valence electrons. The lowest BCUT2D eigenvalue weighted by atomic mass is 10.4. The molecule has 7 heteroatoms. The average molecular weight is 478 g/mol. The van der Waals surface area contributed by atoms with Gasteiger partial charge in [0.05, 0.1) is 45.0 Å². The molecule has 0 unspecified atom stereocenters. The Morgan fingerprint density at radius 1 is 0.676 bits per heavy atom. The highest BCUT2D eigenvalue weighted by Gasteiger charge is 2.44. The van der Waals surface area contributed by atoms with Crippen LogP contribution in [0.25, 0.3) is 0 Å². The van der Waals surface area contributed by atoms with Gasteiger partial charge >= 0.3 is 0 Å². The molecule has 0 atom stereocenters. The fourth-order valence-corrected chi connectivity index (χ4v) is 7.96. The van der Waals surface area contributed by atoms with Gasteiger partial charge in [0.25, 0.3) is 0 Å². The first-order valence-electron chi connectivity index (χ1n) is 11.4. The number of amidine groups is 1. The van der Waals surface area contributed by atoms with Gasteiger partial charge in [-0.25, -0.2) is 9.98 Å². The minimum Gasteiger partial charge on any atom is -0.387 e. The summed E-state index contributed by atoms with van der Waals surface area (Å²) < 4.78 is 11.7. The molecular formula is C27H34N4O2P+. The zero-order valence-corrected chi connectivity index (χ0v) is 20.6. The molecule has 3 rings (SSSR count). The summed E-state index contributed by atoms with van der Waals surface area (Å²) in [5.41, 5.74) is 11.1. The number of ether oxygens (including phenoxy) is 2. The quantitative estimate of drug-likeness (QED) is 0.182. The van der Waals surface area contributed by atoms with Crippen LogP contribution in [-0.2, 0) is 9.47 Å². The van der Waals surface area contributed by atoms with Crippen LogP contribution in [0.5, 0.6) is 0 Å². The molecule has 0 saturated heterocycles. The van der Waals surface area contributed by atoms with E-state index in [0.717, 1.165) is 6.16 Å². The van der Waals surface area contributed by atoms with Crippen LogP contribution in [0, 0.1) is 0 Å². The van der Waals surface area contributed by atoms with E-state index < -0.39 is 7.26 Å². The molecule has 0 aliphatic heterocycles. The van der Waals surface area contributed by atoms with Crippen molar-refractivity contribution >= 4 is 35.0 Å². The van der Waals surface area contributed by atoms with Crippen molar-refractivity contribution in [1.29, 1.82) is 0 Å². The standard InChI is InChI=1S/C27H34N4O2P/c1-23(28)31-27(29)30-17-18-32-19-20-33-21-22-34(24-11-5-2-6-12-24,25-13-7-3-8-14-25)26-15-9-4-10-16-26/h2-16H,17-22H2,1H3,(H4,28,29,30,31)/q+1. The third kappa shape index (κ3) is 7.22. The number of rotatable bonds is 12. The molecule has 0 fully saturated rings. The number of benzene rings is 3. The smallest absolute Gasteiger partial charge is 0.217 e. The van der Waals surface area contributed by atoms with Crippen LogP contribution in [0.1, 0.15) is 6.92 Å². The van der Waals surface area contributed by atoms with Crippen molar-refractivity contribution in [2.75, 3.05) is 39.1 Å². The number of guanidine groups is 1. The lowest BCUT2D eigenvalue weighted by Gasteiger charge is -2.27. The maximum Gasteiger partial charge on any atom is 0.217 e. The second-order valence-corrected chi connectivity index (χ2v) is 11.4. The monoisotopic (exact) mass is 477 g/mol. The van der Waals surface area contributed by atoms with Crippen LogP contribution in [0.2, 0.25) is 0 Å². The summed E-state index contributed by atoms with van der Waals surface area (Å²) in [7, 11) is -1.86. The summed E-state index contributed by atoms with van der Waals surface area (Å²) in [6, 6.07) is 32.5. The Hall–Kier alpha value is -3.05. The maximum atomic E-state index is 6.04.